The van der Waals surface area contributed by atoms with E-state index in [0.717, 1.165) is 4.88 Å². The summed E-state index contributed by atoms with van der Waals surface area (Å²) < 4.78 is 21.7. The normalized spacial score (nSPS) is 13.3. The molecule has 5 nitrogen and oxygen atoms in total. The van der Waals surface area contributed by atoms with Crippen molar-refractivity contribution >= 4 is 27.1 Å². The number of sulfone groups is 1. The maximum Gasteiger partial charge on any atom is 0.242 e. The average molecular weight is 276 g/mol. The minimum atomic E-state index is -2.97. The fourth-order valence-corrected chi connectivity index (χ4v) is 2.65. The number of nitrogens with one attached hydrogen (secondary N) is 1. The van der Waals surface area contributed by atoms with Crippen LogP contribution in [0.1, 0.15) is 17.3 Å². The summed E-state index contributed by atoms with van der Waals surface area (Å²) in [7, 11) is -2.97. The van der Waals surface area contributed by atoms with Crippen molar-refractivity contribution in [3.05, 3.63) is 22.4 Å². The van der Waals surface area contributed by atoms with Crippen molar-refractivity contribution in [1.29, 1.82) is 0 Å². The lowest BCUT2D eigenvalue weighted by molar-refractivity contribution is -0.122. The van der Waals surface area contributed by atoms with Gasteiger partial charge in [0.2, 0.25) is 5.91 Å². The first-order valence-corrected chi connectivity index (χ1v) is 8.08. The van der Waals surface area contributed by atoms with Gasteiger partial charge >= 0.3 is 0 Å². The van der Waals surface area contributed by atoms with Gasteiger partial charge in [-0.05, 0) is 17.9 Å². The molecule has 0 aliphatic rings. The Morgan fingerprint density at radius 1 is 1.59 bits per heavy atom. The van der Waals surface area contributed by atoms with Gasteiger partial charge in [0.05, 0.1) is 5.75 Å². The Kier molecular flexibility index (Phi) is 5.10. The molecule has 7 heteroatoms. The van der Waals surface area contributed by atoms with E-state index >= 15 is 0 Å². The first-order valence-electron chi connectivity index (χ1n) is 5.14. The van der Waals surface area contributed by atoms with Gasteiger partial charge in [-0.3, -0.25) is 4.79 Å². The van der Waals surface area contributed by atoms with Gasteiger partial charge in [0.1, 0.15) is 15.9 Å². The minimum absolute atomic E-state index is 0.0710. The highest BCUT2D eigenvalue weighted by atomic mass is 32.2. The number of thiophene rings is 1. The van der Waals surface area contributed by atoms with Crippen LogP contribution in [0.3, 0.4) is 0 Å². The molecule has 1 heterocycles. The number of amides is 1. The van der Waals surface area contributed by atoms with E-state index in [2.05, 4.69) is 5.32 Å². The molecule has 1 atom stereocenters. The van der Waals surface area contributed by atoms with Crippen molar-refractivity contribution in [3.8, 4) is 0 Å². The van der Waals surface area contributed by atoms with Crippen molar-refractivity contribution in [3.63, 3.8) is 0 Å². The molecule has 1 rings (SSSR count). The Labute approximate surface area is 105 Å². The Morgan fingerprint density at radius 3 is 2.82 bits per heavy atom. The van der Waals surface area contributed by atoms with E-state index in [9.17, 15) is 13.2 Å². The summed E-state index contributed by atoms with van der Waals surface area (Å²) in [5, 5.41) is 4.47. The first-order chi connectivity index (χ1) is 7.90. The summed E-state index contributed by atoms with van der Waals surface area (Å²) in [6, 6.07) is 2.95. The molecule has 0 spiro atoms. The van der Waals surface area contributed by atoms with E-state index in [1.807, 2.05) is 11.4 Å². The van der Waals surface area contributed by atoms with Crippen LogP contribution in [0.25, 0.3) is 0 Å². The van der Waals surface area contributed by atoms with Gasteiger partial charge in [0, 0.05) is 17.7 Å². The molecular weight excluding hydrogens is 260 g/mol. The van der Waals surface area contributed by atoms with Crippen LogP contribution in [0.4, 0.5) is 0 Å². The monoisotopic (exact) mass is 276 g/mol. The molecule has 0 saturated carbocycles. The van der Waals surface area contributed by atoms with E-state index < -0.39 is 15.9 Å². The third-order valence-electron chi connectivity index (χ3n) is 2.12. The largest absolute Gasteiger partial charge is 0.354 e. The zero-order valence-corrected chi connectivity index (χ0v) is 11.2. The van der Waals surface area contributed by atoms with Crippen molar-refractivity contribution in [2.75, 3.05) is 18.6 Å². The Balaban J connectivity index is 2.31. The molecule has 96 valence electrons. The fourth-order valence-electron chi connectivity index (χ4n) is 1.25. The molecule has 1 amide bonds. The predicted molar refractivity (Wildman–Crippen MR) is 68.6 cm³/mol. The molecule has 1 unspecified atom stereocenters. The summed E-state index contributed by atoms with van der Waals surface area (Å²) in [6.45, 7) is 0.324. The summed E-state index contributed by atoms with van der Waals surface area (Å²) in [5.41, 5.74) is 5.73. The van der Waals surface area contributed by atoms with Crippen LogP contribution >= 0.6 is 11.3 Å². The van der Waals surface area contributed by atoms with E-state index in [0.29, 0.717) is 13.0 Å². The van der Waals surface area contributed by atoms with Gasteiger partial charge in [-0.2, -0.15) is 0 Å². The highest BCUT2D eigenvalue weighted by Crippen LogP contribution is 2.16. The van der Waals surface area contributed by atoms with Gasteiger partial charge in [0.25, 0.3) is 0 Å². The molecular formula is C10H16N2O3S2. The molecule has 0 aliphatic carbocycles. The fraction of sp³-hybridized carbons (Fsp3) is 0.500. The van der Waals surface area contributed by atoms with Crippen molar-refractivity contribution in [2.24, 2.45) is 5.73 Å². The predicted octanol–water partition coefficient (Wildman–Crippen LogP) is 0.299. The smallest absolute Gasteiger partial charge is 0.242 e. The van der Waals surface area contributed by atoms with E-state index in [4.69, 9.17) is 5.73 Å². The molecule has 0 saturated heterocycles. The summed E-state index contributed by atoms with van der Waals surface area (Å²) in [6.07, 6.45) is 1.58. The number of hydrogen-bond donors (Lipinski definition) is 2. The highest BCUT2D eigenvalue weighted by molar-refractivity contribution is 7.90. The third-order valence-corrected chi connectivity index (χ3v) is 4.11. The minimum Gasteiger partial charge on any atom is -0.354 e. The van der Waals surface area contributed by atoms with Crippen molar-refractivity contribution in [2.45, 2.75) is 12.5 Å². The Bertz CT molecular complexity index is 454. The molecule has 0 aromatic carbocycles. The quantitative estimate of drug-likeness (QED) is 0.731. The van der Waals surface area contributed by atoms with Crippen LogP contribution in [0.15, 0.2) is 17.5 Å². The zero-order valence-electron chi connectivity index (χ0n) is 9.55. The number of carbonyl (C=O) groups is 1. The lowest BCUT2D eigenvalue weighted by atomic mass is 10.2. The van der Waals surface area contributed by atoms with Gasteiger partial charge in [-0.1, -0.05) is 6.07 Å². The van der Waals surface area contributed by atoms with Crippen LogP contribution in [-0.2, 0) is 14.6 Å². The molecule has 17 heavy (non-hydrogen) atoms. The molecule has 3 N–H and O–H groups in total. The van der Waals surface area contributed by atoms with Crippen LogP contribution < -0.4 is 11.1 Å². The Hall–Kier alpha value is -0.920. The second kappa shape index (κ2) is 6.13. The van der Waals surface area contributed by atoms with Crippen molar-refractivity contribution < 1.29 is 13.2 Å². The molecule has 0 fully saturated rings. The van der Waals surface area contributed by atoms with Gasteiger partial charge < -0.3 is 11.1 Å². The SMILES string of the molecule is CS(=O)(=O)CCCNC(=O)C(N)c1cccs1. The molecule has 1 aromatic heterocycles. The van der Waals surface area contributed by atoms with Crippen molar-refractivity contribution in [1.82, 2.24) is 5.32 Å². The van der Waals surface area contributed by atoms with Gasteiger partial charge in [-0.25, -0.2) is 8.42 Å². The summed E-state index contributed by atoms with van der Waals surface area (Å²) in [4.78, 5) is 12.4. The topological polar surface area (TPSA) is 89.3 Å². The van der Waals surface area contributed by atoms with E-state index in [1.165, 1.54) is 17.6 Å². The second-order valence-electron chi connectivity index (χ2n) is 3.77. The van der Waals surface area contributed by atoms with Crippen LogP contribution in [0, 0.1) is 0 Å². The molecule has 0 radical (unpaired) electrons. The maximum atomic E-state index is 11.6. The van der Waals surface area contributed by atoms with E-state index in [-0.39, 0.29) is 11.7 Å². The average Bonchev–Trinajstić information content (AvgIpc) is 2.74. The third kappa shape index (κ3) is 5.29. The number of rotatable bonds is 6. The van der Waals surface area contributed by atoms with Gasteiger partial charge in [0.15, 0.2) is 0 Å². The lowest BCUT2D eigenvalue weighted by Gasteiger charge is -2.10. The number of hydrogen-bond acceptors (Lipinski definition) is 5. The molecule has 1 aromatic rings. The number of carbonyl (C=O) groups excluding carboxylic acids is 1. The van der Waals surface area contributed by atoms with Crippen LogP contribution in [0.5, 0.6) is 0 Å². The molecule has 0 aliphatic heterocycles. The molecule has 0 bridgehead atoms. The van der Waals surface area contributed by atoms with Gasteiger partial charge in [-0.15, -0.1) is 11.3 Å². The van der Waals surface area contributed by atoms with E-state index in [1.54, 1.807) is 6.07 Å². The second-order valence-corrected chi connectivity index (χ2v) is 7.01. The summed E-state index contributed by atoms with van der Waals surface area (Å²) >= 11 is 1.42. The van der Waals surface area contributed by atoms with Crippen LogP contribution in [-0.4, -0.2) is 32.9 Å². The summed E-state index contributed by atoms with van der Waals surface area (Å²) in [5.74, 6) is -0.206. The van der Waals surface area contributed by atoms with Crippen LogP contribution in [0.2, 0.25) is 0 Å². The standard InChI is InChI=1S/C10H16N2O3S2/c1-17(14,15)7-3-5-12-10(13)9(11)8-4-2-6-16-8/h2,4,6,9H,3,5,7,11H2,1H3,(H,12,13). The Morgan fingerprint density at radius 2 is 2.29 bits per heavy atom. The lowest BCUT2D eigenvalue weighted by Crippen LogP contribution is -2.34. The first kappa shape index (κ1) is 14.1. The number of nitrogens with two attached hydrogens (primary N) is 1. The zero-order chi connectivity index (χ0) is 12.9. The highest BCUT2D eigenvalue weighted by Gasteiger charge is 2.15. The maximum absolute atomic E-state index is 11.6.